The lowest BCUT2D eigenvalue weighted by atomic mass is 9.77. The average molecular weight is 433 g/mol. The zero-order valence-corrected chi connectivity index (χ0v) is 17.7. The number of nitrogens with one attached hydrogen (secondary N) is 2. The second-order valence-electron chi connectivity index (χ2n) is 7.98. The van der Waals surface area contributed by atoms with E-state index in [1.807, 2.05) is 38.8 Å². The summed E-state index contributed by atoms with van der Waals surface area (Å²) in [4.78, 5) is 23.9. The highest BCUT2D eigenvalue weighted by molar-refractivity contribution is 5.97. The Kier molecular flexibility index (Phi) is 4.65. The summed E-state index contributed by atoms with van der Waals surface area (Å²) in [6.45, 7) is 3.79. The lowest BCUT2D eigenvalue weighted by Crippen LogP contribution is -2.37. The minimum atomic E-state index is -0.469. The molecule has 5 rings (SSSR count). The number of fused-ring (bicyclic) bond motifs is 1. The zero-order chi connectivity index (χ0) is 22.4. The van der Waals surface area contributed by atoms with Crippen LogP contribution in [0.4, 0.5) is 11.6 Å². The molecule has 1 aliphatic carbocycles. The first kappa shape index (κ1) is 19.8. The van der Waals surface area contributed by atoms with Crippen molar-refractivity contribution in [2.24, 2.45) is 25.7 Å². The number of hydrogen-bond acceptors (Lipinski definition) is 7. The number of carbonyl (C=O) groups is 1. The molecule has 32 heavy (non-hydrogen) atoms. The number of anilines is 2. The SMILES string of the molecule is C=C(C(N)=O)C1CC(Oc2nc(Nc3cnn(C)c3)nc3[nH]cc(-c4ccn(C)n4)c23)C1. The maximum atomic E-state index is 11.4. The number of amides is 1. The maximum Gasteiger partial charge on any atom is 0.244 e. The van der Waals surface area contributed by atoms with Crippen LogP contribution in [-0.4, -0.2) is 46.5 Å². The minimum absolute atomic E-state index is 0.0318. The molecule has 0 aromatic carbocycles. The van der Waals surface area contributed by atoms with Gasteiger partial charge in [0.1, 0.15) is 11.8 Å². The molecule has 11 nitrogen and oxygen atoms in total. The van der Waals surface area contributed by atoms with Crippen molar-refractivity contribution >= 4 is 28.6 Å². The Morgan fingerprint density at radius 1 is 1.31 bits per heavy atom. The highest BCUT2D eigenvalue weighted by Crippen LogP contribution is 2.39. The third kappa shape index (κ3) is 3.57. The molecule has 4 aromatic rings. The summed E-state index contributed by atoms with van der Waals surface area (Å²) in [5, 5.41) is 12.6. The largest absolute Gasteiger partial charge is 0.474 e. The van der Waals surface area contributed by atoms with Crippen LogP contribution in [0.25, 0.3) is 22.3 Å². The quantitative estimate of drug-likeness (QED) is 0.379. The number of carbonyl (C=O) groups excluding carboxylic acids is 1. The van der Waals surface area contributed by atoms with Gasteiger partial charge in [0.15, 0.2) is 0 Å². The molecular formula is C21H23N9O2. The number of aromatic amines is 1. The van der Waals surface area contributed by atoms with Crippen LogP contribution in [0.5, 0.6) is 5.88 Å². The summed E-state index contributed by atoms with van der Waals surface area (Å²) < 4.78 is 9.70. The lowest BCUT2D eigenvalue weighted by Gasteiger charge is -2.35. The molecule has 11 heteroatoms. The molecule has 0 radical (unpaired) electrons. The van der Waals surface area contributed by atoms with Crippen molar-refractivity contribution in [2.75, 3.05) is 5.32 Å². The van der Waals surface area contributed by atoms with E-state index in [0.29, 0.717) is 35.9 Å². The van der Waals surface area contributed by atoms with Gasteiger partial charge in [0, 0.05) is 43.8 Å². The molecule has 4 N–H and O–H groups in total. The van der Waals surface area contributed by atoms with Crippen molar-refractivity contribution in [2.45, 2.75) is 18.9 Å². The van der Waals surface area contributed by atoms with Gasteiger partial charge in [-0.25, -0.2) is 0 Å². The fraction of sp³-hybridized carbons (Fsp3) is 0.286. The number of rotatable bonds is 7. The summed E-state index contributed by atoms with van der Waals surface area (Å²) in [6.07, 6.45) is 8.44. The highest BCUT2D eigenvalue weighted by atomic mass is 16.5. The molecular weight excluding hydrogens is 410 g/mol. The summed E-state index contributed by atoms with van der Waals surface area (Å²) in [5.41, 5.74) is 8.81. The van der Waals surface area contributed by atoms with E-state index in [1.165, 1.54) is 0 Å². The second kappa shape index (κ2) is 7.52. The van der Waals surface area contributed by atoms with Crippen LogP contribution in [-0.2, 0) is 18.9 Å². The van der Waals surface area contributed by atoms with Crippen LogP contribution in [0.3, 0.4) is 0 Å². The van der Waals surface area contributed by atoms with E-state index in [2.05, 4.69) is 37.0 Å². The normalized spacial score (nSPS) is 17.8. The number of ether oxygens (including phenoxy) is 1. The van der Waals surface area contributed by atoms with E-state index in [1.54, 1.807) is 15.6 Å². The third-order valence-corrected chi connectivity index (χ3v) is 5.63. The van der Waals surface area contributed by atoms with Crippen molar-refractivity contribution in [3.63, 3.8) is 0 Å². The van der Waals surface area contributed by atoms with Crippen LogP contribution in [0.2, 0.25) is 0 Å². The number of nitrogens with zero attached hydrogens (tertiary/aromatic N) is 6. The molecule has 0 aliphatic heterocycles. The van der Waals surface area contributed by atoms with Crippen molar-refractivity contribution in [1.82, 2.24) is 34.5 Å². The molecule has 1 fully saturated rings. The zero-order valence-electron chi connectivity index (χ0n) is 17.7. The number of primary amides is 1. The molecule has 1 amide bonds. The summed E-state index contributed by atoms with van der Waals surface area (Å²) in [6, 6.07) is 1.92. The highest BCUT2D eigenvalue weighted by Gasteiger charge is 2.35. The van der Waals surface area contributed by atoms with Gasteiger partial charge in [-0.15, -0.1) is 0 Å². The topological polar surface area (TPSA) is 142 Å². The van der Waals surface area contributed by atoms with Gasteiger partial charge in [-0.1, -0.05) is 6.58 Å². The smallest absolute Gasteiger partial charge is 0.244 e. The van der Waals surface area contributed by atoms with Crippen LogP contribution < -0.4 is 15.8 Å². The molecule has 1 aliphatic rings. The van der Waals surface area contributed by atoms with E-state index in [4.69, 9.17) is 10.5 Å². The van der Waals surface area contributed by atoms with Gasteiger partial charge in [0.05, 0.1) is 23.0 Å². The van der Waals surface area contributed by atoms with E-state index in [0.717, 1.165) is 22.3 Å². The Morgan fingerprint density at radius 3 is 2.78 bits per heavy atom. The fourth-order valence-electron chi connectivity index (χ4n) is 3.82. The Morgan fingerprint density at radius 2 is 2.12 bits per heavy atom. The van der Waals surface area contributed by atoms with Gasteiger partial charge < -0.3 is 20.8 Å². The van der Waals surface area contributed by atoms with Crippen LogP contribution >= 0.6 is 0 Å². The second-order valence-corrected chi connectivity index (χ2v) is 7.98. The van der Waals surface area contributed by atoms with Crippen LogP contribution in [0.1, 0.15) is 12.8 Å². The predicted molar refractivity (Wildman–Crippen MR) is 118 cm³/mol. The average Bonchev–Trinajstić information content (AvgIpc) is 3.43. The minimum Gasteiger partial charge on any atom is -0.474 e. The Bertz CT molecular complexity index is 1330. The molecule has 0 unspecified atom stereocenters. The first-order valence-corrected chi connectivity index (χ1v) is 10.2. The Labute approximate surface area is 183 Å². The third-order valence-electron chi connectivity index (χ3n) is 5.63. The van der Waals surface area contributed by atoms with Gasteiger partial charge in [-0.2, -0.15) is 20.2 Å². The van der Waals surface area contributed by atoms with Gasteiger partial charge in [0.25, 0.3) is 0 Å². The molecule has 164 valence electrons. The van der Waals surface area contributed by atoms with Crippen molar-refractivity contribution in [3.05, 3.63) is 43.0 Å². The van der Waals surface area contributed by atoms with Gasteiger partial charge >= 0.3 is 0 Å². The van der Waals surface area contributed by atoms with E-state index in [9.17, 15) is 4.79 Å². The first-order valence-electron chi connectivity index (χ1n) is 10.2. The van der Waals surface area contributed by atoms with Crippen molar-refractivity contribution in [1.29, 1.82) is 0 Å². The van der Waals surface area contributed by atoms with E-state index >= 15 is 0 Å². The number of aryl methyl sites for hydroxylation is 2. The first-order chi connectivity index (χ1) is 15.4. The number of H-pyrrole nitrogens is 1. The van der Waals surface area contributed by atoms with Gasteiger partial charge in [-0.05, 0) is 24.8 Å². The molecule has 1 saturated carbocycles. The number of nitrogens with two attached hydrogens (primary N) is 1. The molecule has 0 saturated heterocycles. The Balaban J connectivity index is 1.49. The van der Waals surface area contributed by atoms with Crippen molar-refractivity contribution in [3.8, 4) is 17.1 Å². The van der Waals surface area contributed by atoms with Gasteiger partial charge in [0.2, 0.25) is 17.7 Å². The maximum absolute atomic E-state index is 11.4. The standard InChI is InChI=1S/C21H23N9O2/c1-11(18(22)31)12-6-14(7-12)32-20-17-15(16-4-5-29(2)28-16)9-23-19(17)26-21(27-20)25-13-8-24-30(3)10-13/h4-5,8-10,12,14H,1,6-7H2,2-3H3,(H2,22,31)(H2,23,25,26,27). The molecule has 0 bridgehead atoms. The van der Waals surface area contributed by atoms with E-state index in [-0.39, 0.29) is 12.0 Å². The number of hydrogen-bond donors (Lipinski definition) is 3. The van der Waals surface area contributed by atoms with Crippen LogP contribution in [0, 0.1) is 5.92 Å². The van der Waals surface area contributed by atoms with Gasteiger partial charge in [-0.3, -0.25) is 14.2 Å². The fourth-order valence-corrected chi connectivity index (χ4v) is 3.82. The number of aromatic nitrogens is 7. The van der Waals surface area contributed by atoms with E-state index < -0.39 is 5.91 Å². The van der Waals surface area contributed by atoms with Crippen LogP contribution in [0.15, 0.2) is 43.0 Å². The molecule has 4 heterocycles. The molecule has 0 spiro atoms. The summed E-state index contributed by atoms with van der Waals surface area (Å²) in [5.74, 6) is 0.386. The monoisotopic (exact) mass is 433 g/mol. The van der Waals surface area contributed by atoms with Crippen molar-refractivity contribution < 1.29 is 9.53 Å². The molecule has 0 atom stereocenters. The summed E-state index contributed by atoms with van der Waals surface area (Å²) >= 11 is 0. The predicted octanol–water partition coefficient (Wildman–Crippen LogP) is 2.03. The molecule has 4 aromatic heterocycles. The lowest BCUT2D eigenvalue weighted by molar-refractivity contribution is -0.115. The Hall–Kier alpha value is -4.15. The summed E-state index contributed by atoms with van der Waals surface area (Å²) in [7, 11) is 3.70.